The van der Waals surface area contributed by atoms with E-state index in [-0.39, 0.29) is 0 Å². The summed E-state index contributed by atoms with van der Waals surface area (Å²) in [7, 11) is 1.93. The first-order valence-electron chi connectivity index (χ1n) is 6.72. The number of hydrogen-bond acceptors (Lipinski definition) is 3. The van der Waals surface area contributed by atoms with Gasteiger partial charge in [-0.3, -0.25) is 4.98 Å². The van der Waals surface area contributed by atoms with Gasteiger partial charge in [-0.1, -0.05) is 24.3 Å². The molecule has 1 heterocycles. The summed E-state index contributed by atoms with van der Waals surface area (Å²) >= 11 is 3.57. The van der Waals surface area contributed by atoms with Gasteiger partial charge in [0.25, 0.3) is 0 Å². The van der Waals surface area contributed by atoms with Gasteiger partial charge in [-0.05, 0) is 52.8 Å². The third-order valence-corrected chi connectivity index (χ3v) is 3.81. The fourth-order valence-corrected chi connectivity index (χ4v) is 2.73. The van der Waals surface area contributed by atoms with Gasteiger partial charge in [0.05, 0.1) is 4.47 Å². The van der Waals surface area contributed by atoms with E-state index >= 15 is 0 Å². The zero-order valence-corrected chi connectivity index (χ0v) is 13.2. The second kappa shape index (κ2) is 6.24. The van der Waals surface area contributed by atoms with Gasteiger partial charge in [-0.2, -0.15) is 0 Å². The predicted octanol–water partition coefficient (Wildman–Crippen LogP) is 4.51. The Hall–Kier alpha value is -1.91. The molecule has 2 aromatic carbocycles. The van der Waals surface area contributed by atoms with Crippen molar-refractivity contribution < 1.29 is 4.74 Å². The number of nitrogens with zero attached hydrogens (tertiary/aromatic N) is 1. The highest BCUT2D eigenvalue weighted by molar-refractivity contribution is 9.10. The second-order valence-corrected chi connectivity index (χ2v) is 5.58. The number of benzene rings is 2. The number of halogens is 1. The van der Waals surface area contributed by atoms with Crippen LogP contribution in [0.1, 0.15) is 5.56 Å². The van der Waals surface area contributed by atoms with E-state index in [0.29, 0.717) is 0 Å². The number of hydrogen-bond donors (Lipinski definition) is 1. The van der Waals surface area contributed by atoms with Crippen LogP contribution in [0.4, 0.5) is 0 Å². The molecule has 0 aliphatic rings. The Kier molecular flexibility index (Phi) is 4.18. The van der Waals surface area contributed by atoms with Crippen LogP contribution in [0.3, 0.4) is 0 Å². The lowest BCUT2D eigenvalue weighted by Crippen LogP contribution is -2.04. The fraction of sp³-hybridized carbons (Fsp3) is 0.118. The molecule has 21 heavy (non-hydrogen) atoms. The number of nitrogens with one attached hydrogen (secondary N) is 1. The van der Waals surface area contributed by atoms with Crippen LogP contribution in [0.15, 0.2) is 59.2 Å². The monoisotopic (exact) mass is 342 g/mol. The van der Waals surface area contributed by atoms with E-state index in [1.807, 2.05) is 43.4 Å². The van der Waals surface area contributed by atoms with Crippen molar-refractivity contribution in [2.75, 3.05) is 7.05 Å². The zero-order chi connectivity index (χ0) is 14.7. The van der Waals surface area contributed by atoms with Gasteiger partial charge in [0.15, 0.2) is 5.75 Å². The summed E-state index contributed by atoms with van der Waals surface area (Å²) in [5.74, 6) is 1.54. The van der Waals surface area contributed by atoms with Gasteiger partial charge in [0.1, 0.15) is 11.3 Å². The summed E-state index contributed by atoms with van der Waals surface area (Å²) in [5.41, 5.74) is 2.07. The molecule has 3 aromatic rings. The molecule has 4 heteroatoms. The average molecular weight is 343 g/mol. The largest absolute Gasteiger partial charge is 0.454 e. The van der Waals surface area contributed by atoms with Crippen molar-refractivity contribution in [1.82, 2.24) is 10.3 Å². The van der Waals surface area contributed by atoms with Crippen LogP contribution in [-0.2, 0) is 6.54 Å². The smallest absolute Gasteiger partial charge is 0.153 e. The molecule has 0 bridgehead atoms. The Balaban J connectivity index is 1.95. The quantitative estimate of drug-likeness (QED) is 0.757. The molecule has 0 saturated carbocycles. The Bertz CT molecular complexity index is 768. The van der Waals surface area contributed by atoms with E-state index in [1.165, 1.54) is 5.56 Å². The number of rotatable bonds is 4. The topological polar surface area (TPSA) is 34.1 Å². The zero-order valence-electron chi connectivity index (χ0n) is 11.6. The van der Waals surface area contributed by atoms with Crippen molar-refractivity contribution in [3.63, 3.8) is 0 Å². The van der Waals surface area contributed by atoms with Crippen molar-refractivity contribution in [2.45, 2.75) is 6.54 Å². The Morgan fingerprint density at radius 1 is 1.10 bits per heavy atom. The molecule has 0 spiro atoms. The molecule has 0 saturated heterocycles. The summed E-state index contributed by atoms with van der Waals surface area (Å²) in [4.78, 5) is 4.40. The molecular formula is C17H15BrN2O. The number of ether oxygens (including phenoxy) is 1. The normalized spacial score (nSPS) is 10.8. The Morgan fingerprint density at radius 2 is 1.95 bits per heavy atom. The molecule has 3 rings (SSSR count). The maximum atomic E-state index is 6.03. The maximum Gasteiger partial charge on any atom is 0.153 e. The molecule has 1 aromatic heterocycles. The van der Waals surface area contributed by atoms with Gasteiger partial charge < -0.3 is 10.1 Å². The summed E-state index contributed by atoms with van der Waals surface area (Å²) in [6.45, 7) is 0.828. The van der Waals surface area contributed by atoms with Gasteiger partial charge in [0, 0.05) is 18.1 Å². The highest BCUT2D eigenvalue weighted by atomic mass is 79.9. The molecule has 0 radical (unpaired) electrons. The first-order chi connectivity index (χ1) is 10.3. The van der Waals surface area contributed by atoms with E-state index in [4.69, 9.17) is 4.74 Å². The van der Waals surface area contributed by atoms with Crippen molar-refractivity contribution in [3.8, 4) is 11.5 Å². The molecule has 0 atom stereocenters. The molecular weight excluding hydrogens is 328 g/mol. The summed E-state index contributed by atoms with van der Waals surface area (Å²) < 4.78 is 6.96. The summed E-state index contributed by atoms with van der Waals surface area (Å²) in [6.07, 6.45) is 1.78. The SMILES string of the molecule is CNCc1ccc(Oc2cccc3cccnc23)c(Br)c1. The van der Waals surface area contributed by atoms with Crippen LogP contribution in [0.2, 0.25) is 0 Å². The van der Waals surface area contributed by atoms with E-state index in [0.717, 1.165) is 33.4 Å². The van der Waals surface area contributed by atoms with Gasteiger partial charge in [-0.15, -0.1) is 0 Å². The van der Waals surface area contributed by atoms with Crippen molar-refractivity contribution >= 4 is 26.8 Å². The average Bonchev–Trinajstić information content (AvgIpc) is 2.51. The Labute approximate surface area is 132 Å². The van der Waals surface area contributed by atoms with Crippen LogP contribution < -0.4 is 10.1 Å². The first-order valence-corrected chi connectivity index (χ1v) is 7.52. The highest BCUT2D eigenvalue weighted by Gasteiger charge is 2.07. The van der Waals surface area contributed by atoms with Gasteiger partial charge in [-0.25, -0.2) is 0 Å². The van der Waals surface area contributed by atoms with E-state index in [1.54, 1.807) is 6.20 Å². The molecule has 1 N–H and O–H groups in total. The summed E-state index contributed by atoms with van der Waals surface area (Å²) in [6, 6.07) is 16.0. The number of pyridine rings is 1. The molecule has 0 aliphatic heterocycles. The van der Waals surface area contributed by atoms with E-state index < -0.39 is 0 Å². The minimum absolute atomic E-state index is 0.759. The lowest BCUT2D eigenvalue weighted by atomic mass is 10.2. The van der Waals surface area contributed by atoms with Crippen LogP contribution >= 0.6 is 15.9 Å². The van der Waals surface area contributed by atoms with Crippen LogP contribution in [0.25, 0.3) is 10.9 Å². The maximum absolute atomic E-state index is 6.03. The minimum Gasteiger partial charge on any atom is -0.454 e. The van der Waals surface area contributed by atoms with Crippen molar-refractivity contribution in [2.24, 2.45) is 0 Å². The van der Waals surface area contributed by atoms with Crippen molar-refractivity contribution in [3.05, 3.63) is 64.8 Å². The first kappa shape index (κ1) is 14.0. The third kappa shape index (κ3) is 3.06. The van der Waals surface area contributed by atoms with Crippen LogP contribution in [0, 0.1) is 0 Å². The predicted molar refractivity (Wildman–Crippen MR) is 88.7 cm³/mol. The summed E-state index contributed by atoms with van der Waals surface area (Å²) in [5, 5.41) is 4.20. The molecule has 3 nitrogen and oxygen atoms in total. The number of aromatic nitrogens is 1. The van der Waals surface area contributed by atoms with E-state index in [9.17, 15) is 0 Å². The third-order valence-electron chi connectivity index (χ3n) is 3.19. The van der Waals surface area contributed by atoms with E-state index in [2.05, 4.69) is 38.4 Å². The minimum atomic E-state index is 0.759. The molecule has 0 amide bonds. The number of fused-ring (bicyclic) bond motifs is 1. The Morgan fingerprint density at radius 3 is 2.76 bits per heavy atom. The van der Waals surface area contributed by atoms with Crippen molar-refractivity contribution in [1.29, 1.82) is 0 Å². The lowest BCUT2D eigenvalue weighted by molar-refractivity contribution is 0.484. The van der Waals surface area contributed by atoms with Gasteiger partial charge in [0.2, 0.25) is 0 Å². The second-order valence-electron chi connectivity index (χ2n) is 4.73. The van der Waals surface area contributed by atoms with Gasteiger partial charge >= 0.3 is 0 Å². The standard InChI is InChI=1S/C17H15BrN2O/c1-19-11-12-7-8-15(14(18)10-12)21-16-6-2-4-13-5-3-9-20-17(13)16/h2-10,19H,11H2,1H3. The van der Waals surface area contributed by atoms with Crippen LogP contribution in [0.5, 0.6) is 11.5 Å². The molecule has 0 aliphatic carbocycles. The molecule has 106 valence electrons. The molecule has 0 unspecified atom stereocenters. The molecule has 0 fully saturated rings. The lowest BCUT2D eigenvalue weighted by Gasteiger charge is -2.11. The highest BCUT2D eigenvalue weighted by Crippen LogP contribution is 2.33. The fourth-order valence-electron chi connectivity index (χ4n) is 2.22. The van der Waals surface area contributed by atoms with Crippen LogP contribution in [-0.4, -0.2) is 12.0 Å². The number of para-hydroxylation sites is 1.